The van der Waals surface area contributed by atoms with Gasteiger partial charge in [-0.2, -0.15) is 0 Å². The molecule has 0 bridgehead atoms. The van der Waals surface area contributed by atoms with E-state index in [0.717, 1.165) is 18.4 Å². The van der Waals surface area contributed by atoms with Crippen LogP contribution in [0, 0.1) is 5.82 Å². The summed E-state index contributed by atoms with van der Waals surface area (Å²) in [6.07, 6.45) is 3.84. The third-order valence-electron chi connectivity index (χ3n) is 4.78. The summed E-state index contributed by atoms with van der Waals surface area (Å²) in [5.41, 5.74) is 1.41. The molecule has 1 atom stereocenters. The van der Waals surface area contributed by atoms with Crippen molar-refractivity contribution in [3.63, 3.8) is 0 Å². The molecule has 3 aromatic rings. The molecule has 0 saturated carbocycles. The SMILES string of the molecule is O=C1NCCCCC1Oc1ccc(OCc2ccc(F)c3cccnc23)cc1. The van der Waals surface area contributed by atoms with Gasteiger partial charge in [0.25, 0.3) is 5.91 Å². The van der Waals surface area contributed by atoms with Crippen LogP contribution in [0.2, 0.25) is 0 Å². The average molecular weight is 380 g/mol. The molecule has 1 N–H and O–H groups in total. The number of ether oxygens (including phenoxy) is 2. The number of carbonyl (C=O) groups is 1. The van der Waals surface area contributed by atoms with Gasteiger partial charge in [-0.15, -0.1) is 0 Å². The normalized spacial score (nSPS) is 17.0. The van der Waals surface area contributed by atoms with E-state index in [1.165, 1.54) is 6.07 Å². The molecule has 2 heterocycles. The third-order valence-corrected chi connectivity index (χ3v) is 4.78. The number of carbonyl (C=O) groups excluding carboxylic acids is 1. The molecule has 0 radical (unpaired) electrons. The molecule has 1 aliphatic rings. The fourth-order valence-corrected chi connectivity index (χ4v) is 3.28. The van der Waals surface area contributed by atoms with Crippen LogP contribution in [0.15, 0.2) is 54.7 Å². The largest absolute Gasteiger partial charge is 0.489 e. The van der Waals surface area contributed by atoms with Gasteiger partial charge in [0.05, 0.1) is 5.52 Å². The zero-order valence-corrected chi connectivity index (χ0v) is 15.4. The number of hydrogen-bond acceptors (Lipinski definition) is 4. The molecule has 6 heteroatoms. The van der Waals surface area contributed by atoms with Crippen molar-refractivity contribution < 1.29 is 18.7 Å². The molecule has 2 aromatic carbocycles. The average Bonchev–Trinajstić information content (AvgIpc) is 2.93. The number of pyridine rings is 1. The van der Waals surface area contributed by atoms with E-state index in [1.807, 2.05) is 0 Å². The van der Waals surface area contributed by atoms with Crippen LogP contribution in [-0.2, 0) is 11.4 Å². The highest BCUT2D eigenvalue weighted by atomic mass is 19.1. The summed E-state index contributed by atoms with van der Waals surface area (Å²) < 4.78 is 25.5. The first-order valence-corrected chi connectivity index (χ1v) is 9.40. The third kappa shape index (κ3) is 4.06. The second kappa shape index (κ2) is 8.25. The number of aromatic nitrogens is 1. The molecule has 1 saturated heterocycles. The van der Waals surface area contributed by atoms with E-state index in [1.54, 1.807) is 48.7 Å². The monoisotopic (exact) mass is 380 g/mol. The van der Waals surface area contributed by atoms with Gasteiger partial charge in [-0.3, -0.25) is 9.78 Å². The molecule has 0 spiro atoms. The van der Waals surface area contributed by atoms with Gasteiger partial charge >= 0.3 is 0 Å². The minimum absolute atomic E-state index is 0.0616. The Balaban J connectivity index is 1.41. The summed E-state index contributed by atoms with van der Waals surface area (Å²) in [6.45, 7) is 0.984. The minimum atomic E-state index is -0.453. The van der Waals surface area contributed by atoms with Crippen molar-refractivity contribution in [2.75, 3.05) is 6.54 Å². The highest BCUT2D eigenvalue weighted by molar-refractivity contribution is 5.82. The number of fused-ring (bicyclic) bond motifs is 1. The fourth-order valence-electron chi connectivity index (χ4n) is 3.28. The second-order valence-corrected chi connectivity index (χ2v) is 6.76. The number of rotatable bonds is 5. The van der Waals surface area contributed by atoms with E-state index in [4.69, 9.17) is 9.47 Å². The Morgan fingerprint density at radius 1 is 1.07 bits per heavy atom. The lowest BCUT2D eigenvalue weighted by Gasteiger charge is -2.16. The zero-order chi connectivity index (χ0) is 19.3. The van der Waals surface area contributed by atoms with Gasteiger partial charge in [-0.1, -0.05) is 6.07 Å². The van der Waals surface area contributed by atoms with E-state index in [2.05, 4.69) is 10.3 Å². The lowest BCUT2D eigenvalue weighted by molar-refractivity contribution is -0.127. The highest BCUT2D eigenvalue weighted by Gasteiger charge is 2.22. The van der Waals surface area contributed by atoms with Crippen LogP contribution < -0.4 is 14.8 Å². The van der Waals surface area contributed by atoms with E-state index in [9.17, 15) is 9.18 Å². The maximum absolute atomic E-state index is 13.9. The van der Waals surface area contributed by atoms with Gasteiger partial charge in [-0.25, -0.2) is 4.39 Å². The molecule has 1 fully saturated rings. The lowest BCUT2D eigenvalue weighted by Crippen LogP contribution is -2.36. The molecule has 1 aromatic heterocycles. The van der Waals surface area contributed by atoms with Crippen molar-refractivity contribution in [1.29, 1.82) is 0 Å². The van der Waals surface area contributed by atoms with Gasteiger partial charge in [0.1, 0.15) is 23.9 Å². The van der Waals surface area contributed by atoms with Crippen LogP contribution in [0.5, 0.6) is 11.5 Å². The van der Waals surface area contributed by atoms with Gasteiger partial charge in [0.15, 0.2) is 6.10 Å². The Labute approximate surface area is 162 Å². The second-order valence-electron chi connectivity index (χ2n) is 6.76. The zero-order valence-electron chi connectivity index (χ0n) is 15.4. The molecule has 0 aliphatic carbocycles. The topological polar surface area (TPSA) is 60.5 Å². The molecule has 1 aliphatic heterocycles. The number of nitrogens with zero attached hydrogens (tertiary/aromatic N) is 1. The van der Waals surface area contributed by atoms with Gasteiger partial charge in [-0.05, 0) is 61.7 Å². The maximum atomic E-state index is 13.9. The Morgan fingerprint density at radius 2 is 1.89 bits per heavy atom. The molecular weight excluding hydrogens is 359 g/mol. The van der Waals surface area contributed by atoms with E-state index in [0.29, 0.717) is 35.4 Å². The predicted octanol–water partition coefficient (Wildman–Crippen LogP) is 4.00. The standard InChI is InChI=1S/C22H21FN2O3/c23-19-11-6-15(21-18(19)4-3-13-24-21)14-27-16-7-9-17(10-8-16)28-20-5-1-2-12-25-22(20)26/h3-4,6-11,13,20H,1-2,5,12,14H2,(H,25,26). The van der Waals surface area contributed by atoms with Crippen LogP contribution in [0.25, 0.3) is 10.9 Å². The van der Waals surface area contributed by atoms with Crippen molar-refractivity contribution in [1.82, 2.24) is 10.3 Å². The number of halogens is 1. The van der Waals surface area contributed by atoms with E-state index in [-0.39, 0.29) is 18.3 Å². The van der Waals surface area contributed by atoms with Gasteiger partial charge in [0, 0.05) is 23.7 Å². The number of amides is 1. The number of benzene rings is 2. The minimum Gasteiger partial charge on any atom is -0.489 e. The quantitative estimate of drug-likeness (QED) is 0.727. The summed E-state index contributed by atoms with van der Waals surface area (Å²) >= 11 is 0. The predicted molar refractivity (Wildman–Crippen MR) is 104 cm³/mol. The van der Waals surface area contributed by atoms with Gasteiger partial charge < -0.3 is 14.8 Å². The van der Waals surface area contributed by atoms with Crippen molar-refractivity contribution in [3.8, 4) is 11.5 Å². The van der Waals surface area contributed by atoms with Crippen molar-refractivity contribution in [2.24, 2.45) is 0 Å². The molecule has 4 rings (SSSR count). The maximum Gasteiger partial charge on any atom is 0.261 e. The molecule has 1 amide bonds. The smallest absolute Gasteiger partial charge is 0.261 e. The first-order valence-electron chi connectivity index (χ1n) is 9.40. The van der Waals surface area contributed by atoms with Crippen molar-refractivity contribution in [2.45, 2.75) is 32.0 Å². The molecular formula is C22H21FN2O3. The summed E-state index contributed by atoms with van der Waals surface area (Å²) in [7, 11) is 0. The molecule has 5 nitrogen and oxygen atoms in total. The number of nitrogens with one attached hydrogen (secondary N) is 1. The molecule has 1 unspecified atom stereocenters. The Kier molecular flexibility index (Phi) is 5.37. The highest BCUT2D eigenvalue weighted by Crippen LogP contribution is 2.24. The molecule has 144 valence electrons. The Hall–Kier alpha value is -3.15. The van der Waals surface area contributed by atoms with Crippen LogP contribution in [-0.4, -0.2) is 23.5 Å². The van der Waals surface area contributed by atoms with Gasteiger partial charge in [0.2, 0.25) is 0 Å². The first kappa shape index (κ1) is 18.2. The van der Waals surface area contributed by atoms with Crippen LogP contribution in [0.1, 0.15) is 24.8 Å². The van der Waals surface area contributed by atoms with Crippen LogP contribution in [0.4, 0.5) is 4.39 Å². The summed E-state index contributed by atoms with van der Waals surface area (Å²) in [5, 5.41) is 3.34. The summed E-state index contributed by atoms with van der Waals surface area (Å²) in [6, 6.07) is 13.7. The summed E-state index contributed by atoms with van der Waals surface area (Å²) in [4.78, 5) is 16.3. The van der Waals surface area contributed by atoms with E-state index < -0.39 is 6.10 Å². The number of hydrogen-bond donors (Lipinski definition) is 1. The lowest BCUT2D eigenvalue weighted by atomic mass is 10.1. The van der Waals surface area contributed by atoms with E-state index >= 15 is 0 Å². The fraction of sp³-hybridized carbons (Fsp3) is 0.273. The summed E-state index contributed by atoms with van der Waals surface area (Å²) in [5.74, 6) is 0.929. The first-order chi connectivity index (χ1) is 13.7. The Morgan fingerprint density at radius 3 is 2.75 bits per heavy atom. The van der Waals surface area contributed by atoms with Crippen molar-refractivity contribution >= 4 is 16.8 Å². The van der Waals surface area contributed by atoms with Crippen LogP contribution in [0.3, 0.4) is 0 Å². The van der Waals surface area contributed by atoms with Crippen LogP contribution >= 0.6 is 0 Å². The Bertz CT molecular complexity index is 975. The van der Waals surface area contributed by atoms with Crippen molar-refractivity contribution in [3.05, 3.63) is 66.1 Å². The molecule has 28 heavy (non-hydrogen) atoms.